The Morgan fingerprint density at radius 2 is 0.683 bits per heavy atom. The molecule has 360 valence electrons. The van der Waals surface area contributed by atoms with Gasteiger partial charge in [-0.05, 0) is 87.4 Å². The van der Waals surface area contributed by atoms with Crippen molar-refractivity contribution < 1.29 is 19.8 Å². The monoisotopic (exact) mass is 849 g/mol. The summed E-state index contributed by atoms with van der Waals surface area (Å²) in [6.07, 6.45) is 52.1. The molecule has 0 aromatic heterocycles. The van der Waals surface area contributed by atoms with Crippen molar-refractivity contribution in [2.75, 3.05) is 0 Å². The molecule has 0 bridgehead atoms. The Hall–Kier alpha value is -1.06. The maximum Gasteiger partial charge on any atom is 0.309 e. The molecule has 2 atom stereocenters. The minimum Gasteiger partial charge on any atom is -0.481 e. The van der Waals surface area contributed by atoms with Crippen molar-refractivity contribution >= 4 is 11.9 Å². The maximum atomic E-state index is 13.1. The first-order valence-electron chi connectivity index (χ1n) is 27.5. The summed E-state index contributed by atoms with van der Waals surface area (Å²) in [4.78, 5) is 22.7. The Morgan fingerprint density at radius 1 is 0.367 bits per heavy atom. The Balaban J connectivity index is 0. The van der Waals surface area contributed by atoms with E-state index in [1.165, 1.54) is 218 Å². The Labute approximate surface area is 378 Å². The molecule has 2 unspecified atom stereocenters. The third-order valence-corrected chi connectivity index (χ3v) is 15.0. The largest absolute Gasteiger partial charge is 0.481 e. The van der Waals surface area contributed by atoms with Crippen LogP contribution in [0.25, 0.3) is 0 Å². The lowest BCUT2D eigenvalue weighted by Crippen LogP contribution is -2.48. The van der Waals surface area contributed by atoms with Crippen LogP contribution in [0.15, 0.2) is 0 Å². The van der Waals surface area contributed by atoms with Crippen LogP contribution in [-0.4, -0.2) is 22.2 Å². The van der Waals surface area contributed by atoms with Gasteiger partial charge < -0.3 is 10.2 Å². The molecule has 0 aliphatic carbocycles. The molecular weight excluding hydrogens is 737 g/mol. The van der Waals surface area contributed by atoms with E-state index in [2.05, 4.69) is 55.4 Å². The lowest BCUT2D eigenvalue weighted by Gasteiger charge is -2.57. The minimum atomic E-state index is -0.711. The van der Waals surface area contributed by atoms with Crippen molar-refractivity contribution in [1.29, 1.82) is 0 Å². The summed E-state index contributed by atoms with van der Waals surface area (Å²) in [6, 6.07) is 0. The molecule has 0 heterocycles. The summed E-state index contributed by atoms with van der Waals surface area (Å²) in [6.45, 7) is 20.6. The SMILES string of the molecule is CCCC(=O)O.CCCCCCC(CCCC(CC)(CCCCCC)C(=O)O)C(CCCCCC)(CCCCCC)C(CCCCCC)(CCCCCC)CCCCCC. The second kappa shape index (κ2) is 41.9. The van der Waals surface area contributed by atoms with Crippen LogP contribution in [0.3, 0.4) is 0 Å². The highest BCUT2D eigenvalue weighted by atomic mass is 16.4. The number of hydrogen-bond donors (Lipinski definition) is 2. The summed E-state index contributed by atoms with van der Waals surface area (Å²) < 4.78 is 0. The van der Waals surface area contributed by atoms with Gasteiger partial charge in [0.2, 0.25) is 0 Å². The van der Waals surface area contributed by atoms with Gasteiger partial charge in [-0.25, -0.2) is 0 Å². The number of carbonyl (C=O) groups is 2. The highest BCUT2D eigenvalue weighted by molar-refractivity contribution is 5.74. The van der Waals surface area contributed by atoms with E-state index in [0.717, 1.165) is 44.4 Å². The van der Waals surface area contributed by atoms with Crippen molar-refractivity contribution in [3.05, 3.63) is 0 Å². The summed E-state index contributed by atoms with van der Waals surface area (Å²) in [5.41, 5.74) is 0.262. The third-order valence-electron chi connectivity index (χ3n) is 15.0. The summed E-state index contributed by atoms with van der Waals surface area (Å²) in [5.74, 6) is -0.495. The van der Waals surface area contributed by atoms with E-state index in [4.69, 9.17) is 5.11 Å². The van der Waals surface area contributed by atoms with Crippen molar-refractivity contribution in [3.8, 4) is 0 Å². The molecule has 0 radical (unpaired) electrons. The second-order valence-corrected chi connectivity index (χ2v) is 19.8. The maximum absolute atomic E-state index is 13.1. The van der Waals surface area contributed by atoms with Crippen LogP contribution < -0.4 is 0 Å². The van der Waals surface area contributed by atoms with Gasteiger partial charge in [0.05, 0.1) is 5.41 Å². The average Bonchev–Trinajstić information content (AvgIpc) is 3.23. The van der Waals surface area contributed by atoms with E-state index in [1.807, 2.05) is 6.92 Å². The quantitative estimate of drug-likeness (QED) is 0.0599. The Kier molecular flexibility index (Phi) is 42.6. The number of hydrogen-bond acceptors (Lipinski definition) is 2. The standard InChI is InChI=1S/C52H104O2.C4H8O2/c1-9-17-24-31-39-48(40-38-42-50(16-8,49(53)54)41-32-25-18-10-2)52(46-36-29-22-14-6,47-37-30-23-15-7)51(43-33-26-19-11-3,44-34-27-20-12-4)45-35-28-21-13-5;1-2-3-4(5)6/h48H,9-47H2,1-8H3,(H,53,54);2-3H2,1H3,(H,5,6). The zero-order valence-corrected chi connectivity index (χ0v) is 42.8. The predicted molar refractivity (Wildman–Crippen MR) is 266 cm³/mol. The minimum absolute atomic E-state index is 0.292. The number of carboxylic acids is 2. The second-order valence-electron chi connectivity index (χ2n) is 19.8. The molecule has 0 saturated heterocycles. The molecule has 4 heteroatoms. The van der Waals surface area contributed by atoms with Crippen LogP contribution >= 0.6 is 0 Å². The predicted octanol–water partition coefficient (Wildman–Crippen LogP) is 19.9. The molecule has 0 aliphatic rings. The van der Waals surface area contributed by atoms with Gasteiger partial charge in [0.25, 0.3) is 0 Å². The molecule has 0 aromatic rings. The number of aliphatic carboxylic acids is 2. The fraction of sp³-hybridized carbons (Fsp3) is 0.964. The number of rotatable bonds is 45. The average molecular weight is 850 g/mol. The van der Waals surface area contributed by atoms with Crippen LogP contribution in [-0.2, 0) is 9.59 Å². The van der Waals surface area contributed by atoms with E-state index >= 15 is 0 Å². The fourth-order valence-corrected chi connectivity index (χ4v) is 11.2. The van der Waals surface area contributed by atoms with Gasteiger partial charge in [0.1, 0.15) is 0 Å². The zero-order chi connectivity index (χ0) is 45.2. The van der Waals surface area contributed by atoms with E-state index in [1.54, 1.807) is 0 Å². The van der Waals surface area contributed by atoms with Gasteiger partial charge in [-0.15, -0.1) is 0 Å². The molecule has 0 saturated carbocycles. The first-order chi connectivity index (χ1) is 29.1. The van der Waals surface area contributed by atoms with Gasteiger partial charge >= 0.3 is 11.9 Å². The smallest absolute Gasteiger partial charge is 0.309 e. The van der Waals surface area contributed by atoms with Gasteiger partial charge in [-0.1, -0.05) is 249 Å². The first-order valence-corrected chi connectivity index (χ1v) is 27.5. The van der Waals surface area contributed by atoms with E-state index < -0.39 is 17.4 Å². The Bertz CT molecular complexity index is 885. The highest BCUT2D eigenvalue weighted by Gasteiger charge is 2.52. The summed E-state index contributed by atoms with van der Waals surface area (Å²) in [7, 11) is 0. The summed E-state index contributed by atoms with van der Waals surface area (Å²) >= 11 is 0. The molecule has 60 heavy (non-hydrogen) atoms. The lowest BCUT2D eigenvalue weighted by molar-refractivity contribution is -0.150. The lowest BCUT2D eigenvalue weighted by atomic mass is 9.47. The molecule has 0 rings (SSSR count). The van der Waals surface area contributed by atoms with Crippen LogP contribution in [0, 0.1) is 22.2 Å². The topological polar surface area (TPSA) is 74.6 Å². The van der Waals surface area contributed by atoms with Gasteiger partial charge in [-0.2, -0.15) is 0 Å². The molecule has 0 amide bonds. The van der Waals surface area contributed by atoms with E-state index in [9.17, 15) is 14.7 Å². The zero-order valence-electron chi connectivity index (χ0n) is 42.8. The molecule has 0 spiro atoms. The van der Waals surface area contributed by atoms with E-state index in [-0.39, 0.29) is 0 Å². The summed E-state index contributed by atoms with van der Waals surface area (Å²) in [5, 5.41) is 18.7. The number of carboxylic acid groups (broad SMARTS) is 2. The molecule has 0 aromatic carbocycles. The van der Waals surface area contributed by atoms with Crippen molar-refractivity contribution in [2.45, 2.75) is 326 Å². The fourth-order valence-electron chi connectivity index (χ4n) is 11.2. The molecular formula is C56H112O4. The molecule has 2 N–H and O–H groups in total. The number of unbranched alkanes of at least 4 members (excludes halogenated alkanes) is 21. The van der Waals surface area contributed by atoms with Crippen LogP contribution in [0.5, 0.6) is 0 Å². The third kappa shape index (κ3) is 27.2. The molecule has 0 fully saturated rings. The van der Waals surface area contributed by atoms with Crippen LogP contribution in [0.2, 0.25) is 0 Å². The molecule has 4 nitrogen and oxygen atoms in total. The van der Waals surface area contributed by atoms with Gasteiger partial charge in [-0.3, -0.25) is 9.59 Å². The first kappa shape index (κ1) is 61.0. The highest BCUT2D eigenvalue weighted by Crippen LogP contribution is 2.62. The molecule has 0 aliphatic heterocycles. The van der Waals surface area contributed by atoms with Gasteiger partial charge in [0.15, 0.2) is 0 Å². The van der Waals surface area contributed by atoms with Gasteiger partial charge in [0, 0.05) is 6.42 Å². The van der Waals surface area contributed by atoms with Crippen LogP contribution in [0.1, 0.15) is 326 Å². The van der Waals surface area contributed by atoms with Crippen LogP contribution in [0.4, 0.5) is 0 Å². The van der Waals surface area contributed by atoms with Crippen molar-refractivity contribution in [1.82, 2.24) is 0 Å². The van der Waals surface area contributed by atoms with Crippen molar-refractivity contribution in [2.24, 2.45) is 22.2 Å². The Morgan fingerprint density at radius 3 is 0.983 bits per heavy atom. The van der Waals surface area contributed by atoms with E-state index in [0.29, 0.717) is 17.3 Å². The van der Waals surface area contributed by atoms with Crippen molar-refractivity contribution in [3.63, 3.8) is 0 Å². The normalized spacial score (nSPS) is 13.5.